The number of para-hydroxylation sites is 1. The highest BCUT2D eigenvalue weighted by Gasteiger charge is 2.16. The molecule has 0 unspecified atom stereocenters. The van der Waals surface area contributed by atoms with Crippen molar-refractivity contribution in [2.45, 2.75) is 17.8 Å². The number of aryl methyl sites for hydroxylation is 1. The molecule has 0 saturated heterocycles. The van der Waals surface area contributed by atoms with E-state index in [1.165, 1.54) is 17.8 Å². The molecule has 0 saturated carbocycles. The highest BCUT2D eigenvalue weighted by atomic mass is 32.2. The van der Waals surface area contributed by atoms with Gasteiger partial charge in [-0.25, -0.2) is 9.97 Å². The Hall–Kier alpha value is -2.15. The Labute approximate surface area is 120 Å². The van der Waals surface area contributed by atoms with E-state index in [9.17, 15) is 10.1 Å². The number of hydrogen-bond donors (Lipinski definition) is 1. The minimum absolute atomic E-state index is 0.0791. The predicted octanol–water partition coefficient (Wildman–Crippen LogP) is 3.03. The van der Waals surface area contributed by atoms with Crippen LogP contribution in [0.15, 0.2) is 35.7 Å². The third-order valence-electron chi connectivity index (χ3n) is 2.69. The molecule has 6 nitrogen and oxygen atoms in total. The zero-order chi connectivity index (χ0) is 14.5. The number of benzene rings is 1. The Kier molecular flexibility index (Phi) is 4.52. The van der Waals surface area contributed by atoms with Gasteiger partial charge in [0.1, 0.15) is 5.69 Å². The molecule has 1 heterocycles. The molecule has 2 aromatic rings. The van der Waals surface area contributed by atoms with E-state index >= 15 is 0 Å². The lowest BCUT2D eigenvalue weighted by atomic mass is 10.1. The van der Waals surface area contributed by atoms with E-state index in [0.717, 1.165) is 11.1 Å². The van der Waals surface area contributed by atoms with Crippen molar-refractivity contribution in [3.05, 3.63) is 51.8 Å². The summed E-state index contributed by atoms with van der Waals surface area (Å²) in [5.41, 5.74) is 2.48. The van der Waals surface area contributed by atoms with Crippen molar-refractivity contribution in [1.82, 2.24) is 9.97 Å². The van der Waals surface area contributed by atoms with Crippen molar-refractivity contribution in [3.63, 3.8) is 0 Å². The monoisotopic (exact) mass is 290 g/mol. The van der Waals surface area contributed by atoms with Gasteiger partial charge in [0.2, 0.25) is 0 Å². The van der Waals surface area contributed by atoms with Gasteiger partial charge in [0, 0.05) is 31.3 Å². The maximum absolute atomic E-state index is 11.0. The minimum Gasteiger partial charge on any atom is -0.382 e. The molecule has 0 fully saturated rings. The average Bonchev–Trinajstić information content (AvgIpc) is 2.46. The van der Waals surface area contributed by atoms with Crippen LogP contribution >= 0.6 is 11.8 Å². The molecule has 0 amide bonds. The van der Waals surface area contributed by atoms with Gasteiger partial charge >= 0.3 is 0 Å². The van der Waals surface area contributed by atoms with Gasteiger partial charge < -0.3 is 5.32 Å². The molecule has 0 atom stereocenters. The molecule has 0 aliphatic carbocycles. The van der Waals surface area contributed by atoms with Crippen LogP contribution in [0.2, 0.25) is 0 Å². The van der Waals surface area contributed by atoms with Gasteiger partial charge in [-0.05, 0) is 18.1 Å². The number of aromatic nitrogens is 2. The van der Waals surface area contributed by atoms with Gasteiger partial charge in [-0.2, -0.15) is 0 Å². The molecular weight excluding hydrogens is 276 g/mol. The number of thioether (sulfide) groups is 1. The van der Waals surface area contributed by atoms with E-state index in [1.807, 2.05) is 13.0 Å². The number of anilines is 1. The van der Waals surface area contributed by atoms with Crippen LogP contribution < -0.4 is 5.32 Å². The number of hydrogen-bond acceptors (Lipinski definition) is 6. The molecule has 0 bridgehead atoms. The van der Waals surface area contributed by atoms with Crippen LogP contribution in [-0.4, -0.2) is 21.9 Å². The summed E-state index contributed by atoms with van der Waals surface area (Å²) in [6.45, 7) is 1.92. The molecule has 0 aliphatic rings. The van der Waals surface area contributed by atoms with Crippen molar-refractivity contribution in [2.24, 2.45) is 0 Å². The second kappa shape index (κ2) is 6.33. The van der Waals surface area contributed by atoms with Gasteiger partial charge in [-0.1, -0.05) is 23.9 Å². The molecule has 1 N–H and O–H groups in total. The van der Waals surface area contributed by atoms with Crippen LogP contribution in [0.1, 0.15) is 11.1 Å². The first-order valence-electron chi connectivity index (χ1n) is 5.97. The number of nitro groups is 1. The molecule has 0 spiro atoms. The average molecular weight is 290 g/mol. The summed E-state index contributed by atoms with van der Waals surface area (Å²) >= 11 is 1.45. The Morgan fingerprint density at radius 3 is 2.65 bits per heavy atom. The first-order chi connectivity index (χ1) is 9.61. The second-order valence-corrected chi connectivity index (χ2v) is 5.09. The summed E-state index contributed by atoms with van der Waals surface area (Å²) in [5, 5.41) is 14.5. The zero-order valence-corrected chi connectivity index (χ0v) is 12.0. The fourth-order valence-corrected chi connectivity index (χ4v) is 2.52. The molecule has 1 aromatic heterocycles. The zero-order valence-electron chi connectivity index (χ0n) is 11.2. The Morgan fingerprint density at radius 1 is 1.35 bits per heavy atom. The van der Waals surface area contributed by atoms with E-state index < -0.39 is 0 Å². The Balaban J connectivity index is 2.19. The normalized spacial score (nSPS) is 10.3. The summed E-state index contributed by atoms with van der Waals surface area (Å²) in [4.78, 5) is 19.0. The maximum atomic E-state index is 11.0. The Bertz CT molecular complexity index is 616. The van der Waals surface area contributed by atoms with Gasteiger partial charge in [0.15, 0.2) is 5.16 Å². The summed E-state index contributed by atoms with van der Waals surface area (Å²) in [5.74, 6) is 0.570. The summed E-state index contributed by atoms with van der Waals surface area (Å²) in [6, 6.07) is 5.03. The van der Waals surface area contributed by atoms with Crippen LogP contribution in [-0.2, 0) is 5.75 Å². The number of nitrogens with zero attached hydrogens (tertiary/aromatic N) is 3. The highest BCUT2D eigenvalue weighted by Crippen LogP contribution is 2.31. The van der Waals surface area contributed by atoms with Crippen molar-refractivity contribution in [3.8, 4) is 0 Å². The molecule has 104 valence electrons. The lowest BCUT2D eigenvalue weighted by molar-refractivity contribution is -0.384. The van der Waals surface area contributed by atoms with E-state index in [-0.39, 0.29) is 10.6 Å². The van der Waals surface area contributed by atoms with E-state index in [2.05, 4.69) is 15.3 Å². The van der Waals surface area contributed by atoms with Crippen molar-refractivity contribution < 1.29 is 4.92 Å². The SMILES string of the molecule is CNc1c(CSc2ncc(C)cn2)cccc1[N+](=O)[O-]. The van der Waals surface area contributed by atoms with Gasteiger partial charge in [0.05, 0.1) is 4.92 Å². The van der Waals surface area contributed by atoms with Crippen molar-refractivity contribution >= 4 is 23.1 Å². The summed E-state index contributed by atoms with van der Waals surface area (Å²) < 4.78 is 0. The van der Waals surface area contributed by atoms with Crippen LogP contribution in [0.4, 0.5) is 11.4 Å². The largest absolute Gasteiger partial charge is 0.382 e. The topological polar surface area (TPSA) is 81.0 Å². The van der Waals surface area contributed by atoms with Crippen molar-refractivity contribution in [2.75, 3.05) is 12.4 Å². The second-order valence-electron chi connectivity index (χ2n) is 4.15. The maximum Gasteiger partial charge on any atom is 0.292 e. The molecule has 20 heavy (non-hydrogen) atoms. The van der Waals surface area contributed by atoms with Crippen LogP contribution in [0.3, 0.4) is 0 Å². The number of nitro benzene ring substituents is 1. The first-order valence-corrected chi connectivity index (χ1v) is 6.96. The first kappa shape index (κ1) is 14.3. The fraction of sp³-hybridized carbons (Fsp3) is 0.231. The number of rotatable bonds is 5. The van der Waals surface area contributed by atoms with Crippen LogP contribution in [0, 0.1) is 17.0 Å². The van der Waals surface area contributed by atoms with E-state index in [1.54, 1.807) is 25.5 Å². The molecule has 0 radical (unpaired) electrons. The third-order valence-corrected chi connectivity index (χ3v) is 3.61. The molecule has 7 heteroatoms. The molecular formula is C13H14N4O2S. The Morgan fingerprint density at radius 2 is 2.05 bits per heavy atom. The molecule has 0 aliphatic heterocycles. The van der Waals surface area contributed by atoms with Gasteiger partial charge in [-0.15, -0.1) is 0 Å². The number of nitrogens with one attached hydrogen (secondary N) is 1. The lowest BCUT2D eigenvalue weighted by Gasteiger charge is -2.08. The van der Waals surface area contributed by atoms with Crippen LogP contribution in [0.25, 0.3) is 0 Å². The quantitative estimate of drug-likeness (QED) is 0.394. The standard InChI is InChI=1S/C13H14N4O2S/c1-9-6-15-13(16-7-9)20-8-10-4-3-5-11(17(18)19)12(10)14-2/h3-7,14H,8H2,1-2H3. The third kappa shape index (κ3) is 3.24. The minimum atomic E-state index is -0.387. The fourth-order valence-electron chi connectivity index (χ4n) is 1.75. The van der Waals surface area contributed by atoms with Gasteiger partial charge in [0.25, 0.3) is 5.69 Å². The smallest absolute Gasteiger partial charge is 0.292 e. The predicted molar refractivity (Wildman–Crippen MR) is 79.0 cm³/mol. The molecule has 2 rings (SSSR count). The molecule has 1 aromatic carbocycles. The lowest BCUT2D eigenvalue weighted by Crippen LogP contribution is -2.00. The van der Waals surface area contributed by atoms with Crippen LogP contribution in [0.5, 0.6) is 0 Å². The van der Waals surface area contributed by atoms with Crippen molar-refractivity contribution in [1.29, 1.82) is 0 Å². The highest BCUT2D eigenvalue weighted by molar-refractivity contribution is 7.98. The summed E-state index contributed by atoms with van der Waals surface area (Å²) in [7, 11) is 1.68. The summed E-state index contributed by atoms with van der Waals surface area (Å²) in [6.07, 6.45) is 3.50. The van der Waals surface area contributed by atoms with Gasteiger partial charge in [-0.3, -0.25) is 10.1 Å². The van der Waals surface area contributed by atoms with E-state index in [4.69, 9.17) is 0 Å². The van der Waals surface area contributed by atoms with E-state index in [0.29, 0.717) is 16.6 Å².